The SMILES string of the molecule is COCCCCOc1cc(C)ncn1. The van der Waals surface area contributed by atoms with Gasteiger partial charge < -0.3 is 9.47 Å². The molecule has 0 aromatic carbocycles. The van der Waals surface area contributed by atoms with Crippen molar-refractivity contribution in [1.82, 2.24) is 9.97 Å². The summed E-state index contributed by atoms with van der Waals surface area (Å²) < 4.78 is 10.4. The van der Waals surface area contributed by atoms with Crippen LogP contribution in [0.1, 0.15) is 18.5 Å². The molecule has 1 aromatic heterocycles. The van der Waals surface area contributed by atoms with Gasteiger partial charge in [0, 0.05) is 25.5 Å². The van der Waals surface area contributed by atoms with Gasteiger partial charge in [-0.3, -0.25) is 0 Å². The van der Waals surface area contributed by atoms with Gasteiger partial charge in [-0.25, -0.2) is 9.97 Å². The van der Waals surface area contributed by atoms with Crippen LogP contribution in [0.15, 0.2) is 12.4 Å². The zero-order chi connectivity index (χ0) is 10.2. The third-order valence-corrected chi connectivity index (χ3v) is 1.77. The lowest BCUT2D eigenvalue weighted by Crippen LogP contribution is -2.01. The second-order valence-corrected chi connectivity index (χ2v) is 3.05. The van der Waals surface area contributed by atoms with E-state index in [1.807, 2.05) is 13.0 Å². The lowest BCUT2D eigenvalue weighted by atomic mass is 10.3. The molecule has 78 valence electrons. The van der Waals surface area contributed by atoms with Gasteiger partial charge in [0.1, 0.15) is 6.33 Å². The maximum atomic E-state index is 5.43. The number of rotatable bonds is 6. The van der Waals surface area contributed by atoms with Gasteiger partial charge in [0.25, 0.3) is 0 Å². The number of nitrogens with zero attached hydrogens (tertiary/aromatic N) is 2. The highest BCUT2D eigenvalue weighted by Gasteiger charge is 1.95. The molecule has 14 heavy (non-hydrogen) atoms. The number of hydrogen-bond acceptors (Lipinski definition) is 4. The Morgan fingerprint density at radius 2 is 2.00 bits per heavy atom. The second kappa shape index (κ2) is 6.32. The van der Waals surface area contributed by atoms with E-state index in [0.29, 0.717) is 12.5 Å². The van der Waals surface area contributed by atoms with Crippen LogP contribution in [0.25, 0.3) is 0 Å². The quantitative estimate of drug-likeness (QED) is 0.648. The molecule has 0 saturated carbocycles. The van der Waals surface area contributed by atoms with Gasteiger partial charge in [-0.05, 0) is 19.8 Å². The van der Waals surface area contributed by atoms with Gasteiger partial charge in [0.15, 0.2) is 0 Å². The van der Waals surface area contributed by atoms with Crippen molar-refractivity contribution in [3.8, 4) is 5.88 Å². The van der Waals surface area contributed by atoms with E-state index in [9.17, 15) is 0 Å². The predicted molar refractivity (Wildman–Crippen MR) is 53.4 cm³/mol. The van der Waals surface area contributed by atoms with Crippen LogP contribution in [0.2, 0.25) is 0 Å². The fraction of sp³-hybridized carbons (Fsp3) is 0.600. The van der Waals surface area contributed by atoms with Gasteiger partial charge >= 0.3 is 0 Å². The van der Waals surface area contributed by atoms with Crippen LogP contribution in [0, 0.1) is 6.92 Å². The second-order valence-electron chi connectivity index (χ2n) is 3.05. The summed E-state index contributed by atoms with van der Waals surface area (Å²) >= 11 is 0. The van der Waals surface area contributed by atoms with Crippen molar-refractivity contribution in [3.63, 3.8) is 0 Å². The molecule has 0 aliphatic rings. The molecule has 0 bridgehead atoms. The van der Waals surface area contributed by atoms with Crippen LogP contribution in [0.5, 0.6) is 5.88 Å². The molecule has 0 radical (unpaired) electrons. The molecule has 0 amide bonds. The molecular weight excluding hydrogens is 180 g/mol. The molecule has 0 fully saturated rings. The standard InChI is InChI=1S/C10H16N2O2/c1-9-7-10(12-8-11-9)14-6-4-3-5-13-2/h7-8H,3-6H2,1-2H3. The molecule has 0 N–H and O–H groups in total. The number of unbranched alkanes of at least 4 members (excludes halogenated alkanes) is 1. The minimum atomic E-state index is 0.648. The van der Waals surface area contributed by atoms with E-state index in [-0.39, 0.29) is 0 Å². The number of aryl methyl sites for hydroxylation is 1. The van der Waals surface area contributed by atoms with Crippen molar-refractivity contribution in [2.75, 3.05) is 20.3 Å². The van der Waals surface area contributed by atoms with Gasteiger partial charge in [-0.15, -0.1) is 0 Å². The Labute approximate surface area is 84.3 Å². The van der Waals surface area contributed by atoms with Crippen molar-refractivity contribution in [2.45, 2.75) is 19.8 Å². The average Bonchev–Trinajstić information content (AvgIpc) is 2.18. The van der Waals surface area contributed by atoms with Crippen molar-refractivity contribution in [3.05, 3.63) is 18.1 Å². The molecule has 1 rings (SSSR count). The first-order valence-corrected chi connectivity index (χ1v) is 4.73. The van der Waals surface area contributed by atoms with Gasteiger partial charge in [-0.1, -0.05) is 0 Å². The topological polar surface area (TPSA) is 44.2 Å². The third-order valence-electron chi connectivity index (χ3n) is 1.77. The molecular formula is C10H16N2O2. The highest BCUT2D eigenvalue weighted by atomic mass is 16.5. The summed E-state index contributed by atoms with van der Waals surface area (Å²) in [5.74, 6) is 0.648. The Balaban J connectivity index is 2.18. The summed E-state index contributed by atoms with van der Waals surface area (Å²) in [4.78, 5) is 7.98. The predicted octanol–water partition coefficient (Wildman–Crippen LogP) is 1.59. The summed E-state index contributed by atoms with van der Waals surface area (Å²) in [5, 5.41) is 0. The molecule has 0 spiro atoms. The Morgan fingerprint density at radius 1 is 1.21 bits per heavy atom. The van der Waals surface area contributed by atoms with Crippen LogP contribution in [-0.2, 0) is 4.74 Å². The monoisotopic (exact) mass is 196 g/mol. The molecule has 0 saturated heterocycles. The molecule has 0 unspecified atom stereocenters. The zero-order valence-electron chi connectivity index (χ0n) is 8.69. The maximum Gasteiger partial charge on any atom is 0.216 e. The van der Waals surface area contributed by atoms with Crippen LogP contribution in [0.3, 0.4) is 0 Å². The average molecular weight is 196 g/mol. The van der Waals surface area contributed by atoms with Gasteiger partial charge in [0.05, 0.1) is 6.61 Å². The molecule has 1 heterocycles. The van der Waals surface area contributed by atoms with Crippen LogP contribution >= 0.6 is 0 Å². The summed E-state index contributed by atoms with van der Waals surface area (Å²) in [5.41, 5.74) is 0.923. The Hall–Kier alpha value is -1.16. The van der Waals surface area contributed by atoms with E-state index < -0.39 is 0 Å². The molecule has 4 heteroatoms. The summed E-state index contributed by atoms with van der Waals surface area (Å²) in [6.45, 7) is 3.38. The van der Waals surface area contributed by atoms with E-state index >= 15 is 0 Å². The molecule has 0 aliphatic carbocycles. The van der Waals surface area contributed by atoms with E-state index in [1.165, 1.54) is 6.33 Å². The maximum absolute atomic E-state index is 5.43. The van der Waals surface area contributed by atoms with Crippen molar-refractivity contribution in [2.24, 2.45) is 0 Å². The highest BCUT2D eigenvalue weighted by Crippen LogP contribution is 2.06. The molecule has 0 aliphatic heterocycles. The van der Waals surface area contributed by atoms with Crippen molar-refractivity contribution < 1.29 is 9.47 Å². The fourth-order valence-electron chi connectivity index (χ4n) is 1.03. The summed E-state index contributed by atoms with van der Waals surface area (Å²) in [6, 6.07) is 1.83. The first kappa shape index (κ1) is 10.9. The first-order chi connectivity index (χ1) is 6.83. The Morgan fingerprint density at radius 3 is 2.71 bits per heavy atom. The van der Waals surface area contributed by atoms with E-state index in [2.05, 4.69) is 9.97 Å². The molecule has 1 aromatic rings. The minimum absolute atomic E-state index is 0.648. The van der Waals surface area contributed by atoms with Gasteiger partial charge in [-0.2, -0.15) is 0 Å². The van der Waals surface area contributed by atoms with E-state index in [0.717, 1.165) is 25.1 Å². The molecule has 4 nitrogen and oxygen atoms in total. The highest BCUT2D eigenvalue weighted by molar-refractivity contribution is 5.11. The lowest BCUT2D eigenvalue weighted by Gasteiger charge is -2.04. The Kier molecular flexibility index (Phi) is 4.93. The Bertz CT molecular complexity index is 266. The first-order valence-electron chi connectivity index (χ1n) is 4.73. The van der Waals surface area contributed by atoms with Crippen LogP contribution < -0.4 is 4.74 Å². The van der Waals surface area contributed by atoms with Gasteiger partial charge in [0.2, 0.25) is 5.88 Å². The number of methoxy groups -OCH3 is 1. The summed E-state index contributed by atoms with van der Waals surface area (Å²) in [6.07, 6.45) is 3.51. The fourth-order valence-corrected chi connectivity index (χ4v) is 1.03. The smallest absolute Gasteiger partial charge is 0.216 e. The summed E-state index contributed by atoms with van der Waals surface area (Å²) in [7, 11) is 1.70. The van der Waals surface area contributed by atoms with Crippen molar-refractivity contribution >= 4 is 0 Å². The van der Waals surface area contributed by atoms with Crippen LogP contribution in [0.4, 0.5) is 0 Å². The normalized spacial score (nSPS) is 10.1. The molecule has 0 atom stereocenters. The van der Waals surface area contributed by atoms with E-state index in [4.69, 9.17) is 9.47 Å². The largest absolute Gasteiger partial charge is 0.478 e. The minimum Gasteiger partial charge on any atom is -0.478 e. The van der Waals surface area contributed by atoms with E-state index in [1.54, 1.807) is 7.11 Å². The van der Waals surface area contributed by atoms with Crippen molar-refractivity contribution in [1.29, 1.82) is 0 Å². The number of hydrogen-bond donors (Lipinski definition) is 0. The number of ether oxygens (including phenoxy) is 2. The van der Waals surface area contributed by atoms with Crippen LogP contribution in [-0.4, -0.2) is 30.3 Å². The lowest BCUT2D eigenvalue weighted by molar-refractivity contribution is 0.183. The third kappa shape index (κ3) is 4.18. The number of aromatic nitrogens is 2. The zero-order valence-corrected chi connectivity index (χ0v) is 8.69.